The van der Waals surface area contributed by atoms with Gasteiger partial charge in [0, 0.05) is 25.7 Å². The quantitative estimate of drug-likeness (QED) is 0.0222. The highest BCUT2D eigenvalue weighted by Crippen LogP contribution is 2.45. The van der Waals surface area contributed by atoms with Crippen LogP contribution in [-0.4, -0.2) is 96.7 Å². The molecule has 0 saturated carbocycles. The van der Waals surface area contributed by atoms with Crippen molar-refractivity contribution in [3.8, 4) is 0 Å². The molecule has 0 rings (SSSR count). The van der Waals surface area contributed by atoms with Gasteiger partial charge in [-0.1, -0.05) is 248 Å². The molecule has 0 aromatic carbocycles. The predicted octanol–water partition coefficient (Wildman–Crippen LogP) is 17.0. The number of unbranched alkanes of at least 4 members (excludes halogenated alkanes) is 24. The Labute approximate surface area is 498 Å². The first-order valence-electron chi connectivity index (χ1n) is 32.8. The number of carbonyl (C=O) groups is 4. The van der Waals surface area contributed by atoms with Crippen molar-refractivity contribution in [1.82, 2.24) is 0 Å². The molecule has 0 aliphatic heterocycles. The van der Waals surface area contributed by atoms with E-state index in [2.05, 4.69) is 55.4 Å². The van der Waals surface area contributed by atoms with E-state index >= 15 is 0 Å². The number of rotatable bonds is 60. The molecule has 0 amide bonds. The fourth-order valence-electron chi connectivity index (χ4n) is 9.19. The maximum Gasteiger partial charge on any atom is 0.472 e. The fourth-order valence-corrected chi connectivity index (χ4v) is 10.8. The second-order valence-corrected chi connectivity index (χ2v) is 27.1. The Morgan fingerprint density at radius 2 is 0.585 bits per heavy atom. The molecule has 0 aromatic rings. The van der Waals surface area contributed by atoms with Crippen LogP contribution in [0.5, 0.6) is 0 Å². The standard InChI is InChI=1S/C63H122O17P2/c1-9-55(7)41-33-25-19-21-28-36-44-61(66)74-50-59(80-63(68)46-38-30-22-20-26-34-42-56(8)10-2)52-78-82(71,72)76-48-57(64)47-75-81(69,70)77-51-58(79-62(67)45-37-29-18-14-16-24-32-40-54(5)6)49-73-60(65)43-35-27-17-13-11-12-15-23-31-39-53(3)4/h53-59,64H,9-52H2,1-8H3,(H,69,70)(H,71,72)/t55?,56?,57-,58-,59-/m1/s1. The van der Waals surface area contributed by atoms with E-state index < -0.39 is 97.5 Å². The molecule has 0 aliphatic carbocycles. The summed E-state index contributed by atoms with van der Waals surface area (Å²) in [5.74, 6) is 0.746. The summed E-state index contributed by atoms with van der Waals surface area (Å²) in [6.07, 6.45) is 32.3. The smallest absolute Gasteiger partial charge is 0.462 e. The molecule has 4 unspecified atom stereocenters. The van der Waals surface area contributed by atoms with Crippen LogP contribution in [0.2, 0.25) is 0 Å². The maximum absolute atomic E-state index is 13.0. The largest absolute Gasteiger partial charge is 0.472 e. The number of esters is 4. The number of carbonyl (C=O) groups excluding carboxylic acids is 4. The summed E-state index contributed by atoms with van der Waals surface area (Å²) in [5, 5.41) is 10.5. The van der Waals surface area contributed by atoms with Gasteiger partial charge in [-0.3, -0.25) is 37.3 Å². The van der Waals surface area contributed by atoms with Gasteiger partial charge in [0.05, 0.1) is 26.4 Å². The second kappa shape index (κ2) is 53.3. The normalized spacial score (nSPS) is 15.1. The zero-order chi connectivity index (χ0) is 61.1. The van der Waals surface area contributed by atoms with Gasteiger partial charge in [-0.25, -0.2) is 9.13 Å². The Kier molecular flexibility index (Phi) is 52.0. The van der Waals surface area contributed by atoms with Gasteiger partial charge in [0.25, 0.3) is 0 Å². The van der Waals surface area contributed by atoms with Gasteiger partial charge in [0.15, 0.2) is 12.2 Å². The molecule has 0 fully saturated rings. The topological polar surface area (TPSA) is 237 Å². The molecule has 0 aromatic heterocycles. The maximum atomic E-state index is 13.0. The van der Waals surface area contributed by atoms with Gasteiger partial charge in [-0.2, -0.15) is 0 Å². The number of aliphatic hydroxyl groups excluding tert-OH is 1. The molecule has 3 N–H and O–H groups in total. The lowest BCUT2D eigenvalue weighted by molar-refractivity contribution is -0.161. The second-order valence-electron chi connectivity index (χ2n) is 24.2. The van der Waals surface area contributed by atoms with E-state index in [0.717, 1.165) is 114 Å². The lowest BCUT2D eigenvalue weighted by Gasteiger charge is -2.21. The van der Waals surface area contributed by atoms with E-state index in [9.17, 15) is 43.2 Å². The van der Waals surface area contributed by atoms with Gasteiger partial charge >= 0.3 is 39.5 Å². The highest BCUT2D eigenvalue weighted by Gasteiger charge is 2.30. The molecular weight excluding hydrogens is 1090 g/mol. The highest BCUT2D eigenvalue weighted by atomic mass is 31.2. The third kappa shape index (κ3) is 54.7. The van der Waals surface area contributed by atoms with Crippen molar-refractivity contribution < 1.29 is 80.2 Å². The van der Waals surface area contributed by atoms with Crippen LogP contribution in [0, 0.1) is 23.7 Å². The van der Waals surface area contributed by atoms with Crippen molar-refractivity contribution in [2.24, 2.45) is 23.7 Å². The minimum atomic E-state index is -4.94. The molecule has 82 heavy (non-hydrogen) atoms. The predicted molar refractivity (Wildman–Crippen MR) is 326 cm³/mol. The Morgan fingerprint density at radius 3 is 0.866 bits per heavy atom. The molecule has 0 bridgehead atoms. The summed E-state index contributed by atoms with van der Waals surface area (Å²) in [4.78, 5) is 72.1. The van der Waals surface area contributed by atoms with Gasteiger partial charge in [0.1, 0.15) is 19.3 Å². The molecular formula is C63H122O17P2. The Balaban J connectivity index is 5.26. The summed E-state index contributed by atoms with van der Waals surface area (Å²) in [6, 6.07) is 0. The lowest BCUT2D eigenvalue weighted by Crippen LogP contribution is -2.30. The number of hydrogen-bond acceptors (Lipinski definition) is 15. The van der Waals surface area contributed by atoms with Crippen LogP contribution in [0.25, 0.3) is 0 Å². The van der Waals surface area contributed by atoms with Crippen LogP contribution in [0.3, 0.4) is 0 Å². The first-order chi connectivity index (χ1) is 39.2. The van der Waals surface area contributed by atoms with Crippen molar-refractivity contribution in [3.05, 3.63) is 0 Å². The van der Waals surface area contributed by atoms with Crippen molar-refractivity contribution in [2.45, 2.75) is 318 Å². The molecule has 7 atom stereocenters. The third-order valence-electron chi connectivity index (χ3n) is 15.0. The van der Waals surface area contributed by atoms with Crippen LogP contribution < -0.4 is 0 Å². The van der Waals surface area contributed by atoms with E-state index in [1.54, 1.807) is 0 Å². The molecule has 17 nitrogen and oxygen atoms in total. The molecule has 0 radical (unpaired) electrons. The molecule has 486 valence electrons. The van der Waals surface area contributed by atoms with Crippen molar-refractivity contribution in [1.29, 1.82) is 0 Å². The van der Waals surface area contributed by atoms with Crippen molar-refractivity contribution >= 4 is 39.5 Å². The zero-order valence-corrected chi connectivity index (χ0v) is 54.9. The van der Waals surface area contributed by atoms with Crippen LogP contribution in [0.4, 0.5) is 0 Å². The average Bonchev–Trinajstić information content (AvgIpc) is 3.45. The summed E-state index contributed by atoms with van der Waals surface area (Å²) in [5.41, 5.74) is 0. The fraction of sp³-hybridized carbons (Fsp3) is 0.937. The van der Waals surface area contributed by atoms with Crippen LogP contribution >= 0.6 is 15.6 Å². The van der Waals surface area contributed by atoms with E-state index in [1.165, 1.54) is 96.3 Å². The highest BCUT2D eigenvalue weighted by molar-refractivity contribution is 7.47. The molecule has 0 spiro atoms. The first-order valence-corrected chi connectivity index (χ1v) is 35.8. The molecule has 0 aliphatic rings. The van der Waals surface area contributed by atoms with Gasteiger partial charge in [-0.15, -0.1) is 0 Å². The average molecular weight is 1210 g/mol. The SMILES string of the molecule is CCC(C)CCCCCCCCC(=O)OC[C@H](COP(=O)(O)OC[C@H](O)COP(=O)(O)OC[C@@H](COC(=O)CCCCCCCCCCCC(C)C)OC(=O)CCCCCCCCCC(C)C)OC(=O)CCCCCCCCC(C)CC. The number of phosphoric ester groups is 2. The van der Waals surface area contributed by atoms with Gasteiger partial charge in [0.2, 0.25) is 0 Å². The summed E-state index contributed by atoms with van der Waals surface area (Å²) >= 11 is 0. The van der Waals surface area contributed by atoms with Crippen LogP contribution in [-0.2, 0) is 65.4 Å². The minimum absolute atomic E-state index is 0.101. The van der Waals surface area contributed by atoms with E-state index in [1.807, 2.05) is 0 Å². The Morgan fingerprint density at radius 1 is 0.341 bits per heavy atom. The van der Waals surface area contributed by atoms with Gasteiger partial charge in [-0.05, 0) is 49.4 Å². The van der Waals surface area contributed by atoms with E-state index in [4.69, 9.17) is 37.0 Å². The molecule has 19 heteroatoms. The van der Waals surface area contributed by atoms with Crippen molar-refractivity contribution in [3.63, 3.8) is 0 Å². The van der Waals surface area contributed by atoms with Crippen molar-refractivity contribution in [2.75, 3.05) is 39.6 Å². The minimum Gasteiger partial charge on any atom is -0.462 e. The van der Waals surface area contributed by atoms with Crippen LogP contribution in [0.1, 0.15) is 299 Å². The van der Waals surface area contributed by atoms with Crippen LogP contribution in [0.15, 0.2) is 0 Å². The first kappa shape index (κ1) is 80.1. The Bertz CT molecular complexity index is 1650. The summed E-state index contributed by atoms with van der Waals surface area (Å²) in [6.45, 7) is 13.9. The van der Waals surface area contributed by atoms with E-state index in [-0.39, 0.29) is 25.7 Å². The number of ether oxygens (including phenoxy) is 4. The summed E-state index contributed by atoms with van der Waals surface area (Å²) < 4.78 is 67.9. The number of aliphatic hydroxyl groups is 1. The van der Waals surface area contributed by atoms with Gasteiger partial charge < -0.3 is 33.8 Å². The molecule has 0 heterocycles. The van der Waals surface area contributed by atoms with E-state index in [0.29, 0.717) is 31.6 Å². The monoisotopic (exact) mass is 1210 g/mol. The zero-order valence-electron chi connectivity index (χ0n) is 53.1. The number of hydrogen-bond donors (Lipinski definition) is 3. The summed E-state index contributed by atoms with van der Waals surface area (Å²) in [7, 11) is -9.89. The number of phosphoric acid groups is 2. The lowest BCUT2D eigenvalue weighted by atomic mass is 10.00. The Hall–Kier alpha value is -1.94. The molecule has 0 saturated heterocycles. The third-order valence-corrected chi connectivity index (χ3v) is 16.9.